The van der Waals surface area contributed by atoms with Crippen LogP contribution in [-0.2, 0) is 18.9 Å². The Balaban J connectivity index is 1.73. The summed E-state index contributed by atoms with van der Waals surface area (Å²) < 4.78 is 21.1. The highest BCUT2D eigenvalue weighted by atomic mass is 79.9. The van der Waals surface area contributed by atoms with E-state index in [-0.39, 0.29) is 0 Å². The van der Waals surface area contributed by atoms with Gasteiger partial charge in [-0.05, 0) is 12.8 Å². The van der Waals surface area contributed by atoms with Crippen LogP contribution in [0.25, 0.3) is 0 Å². The second kappa shape index (κ2) is 9.28. The number of hydrogen-bond donors (Lipinski definition) is 0. The molecule has 1 aliphatic carbocycles. The van der Waals surface area contributed by atoms with Crippen LogP contribution >= 0.6 is 15.9 Å². The Bertz CT molecular complexity index is 185. The van der Waals surface area contributed by atoms with Gasteiger partial charge in [-0.15, -0.1) is 0 Å². The fourth-order valence-corrected chi connectivity index (χ4v) is 2.09. The third kappa shape index (κ3) is 7.36. The summed E-state index contributed by atoms with van der Waals surface area (Å²) in [5, 5.41) is 1.05. The van der Waals surface area contributed by atoms with E-state index in [1.165, 1.54) is 12.8 Å². The summed E-state index contributed by atoms with van der Waals surface area (Å²) in [7, 11) is 1.66. The van der Waals surface area contributed by atoms with Gasteiger partial charge in [0.15, 0.2) is 0 Å². The summed E-state index contributed by atoms with van der Waals surface area (Å²) in [6.45, 7) is 4.68. The van der Waals surface area contributed by atoms with Crippen molar-refractivity contribution >= 4 is 15.9 Å². The van der Waals surface area contributed by atoms with Crippen LogP contribution in [-0.4, -0.2) is 58.7 Å². The van der Waals surface area contributed by atoms with Crippen molar-refractivity contribution in [3.63, 3.8) is 0 Å². The number of halogens is 1. The van der Waals surface area contributed by atoms with Crippen LogP contribution in [0, 0.1) is 5.41 Å². The van der Waals surface area contributed by atoms with Crippen LogP contribution in [0.3, 0.4) is 0 Å². The zero-order valence-corrected chi connectivity index (χ0v) is 12.2. The molecule has 5 heteroatoms. The maximum Gasteiger partial charge on any atom is 0.0701 e. The number of hydrogen-bond acceptors (Lipinski definition) is 4. The maximum absolute atomic E-state index is 5.58. The SMILES string of the molecule is COCCOCCOCCOCC1(CBr)CC1. The van der Waals surface area contributed by atoms with Gasteiger partial charge in [-0.3, -0.25) is 0 Å². The lowest BCUT2D eigenvalue weighted by atomic mass is 10.2. The van der Waals surface area contributed by atoms with E-state index in [9.17, 15) is 0 Å². The average Bonchev–Trinajstić information content (AvgIpc) is 3.12. The summed E-state index contributed by atoms with van der Waals surface area (Å²) in [5.74, 6) is 0. The molecule has 1 aliphatic rings. The molecule has 0 radical (unpaired) electrons. The molecular weight excluding hydrogens is 288 g/mol. The van der Waals surface area contributed by atoms with Crippen LogP contribution < -0.4 is 0 Å². The van der Waals surface area contributed by atoms with Gasteiger partial charge < -0.3 is 18.9 Å². The van der Waals surface area contributed by atoms with Gasteiger partial charge in [0.25, 0.3) is 0 Å². The van der Waals surface area contributed by atoms with Gasteiger partial charge in [-0.2, -0.15) is 0 Å². The second-order valence-corrected chi connectivity index (χ2v) is 4.96. The van der Waals surface area contributed by atoms with Gasteiger partial charge in [0, 0.05) is 17.9 Å². The highest BCUT2D eigenvalue weighted by molar-refractivity contribution is 9.09. The number of methoxy groups -OCH3 is 1. The van der Waals surface area contributed by atoms with Gasteiger partial charge in [0.1, 0.15) is 0 Å². The second-order valence-electron chi connectivity index (χ2n) is 4.40. The maximum atomic E-state index is 5.58. The lowest BCUT2D eigenvalue weighted by Crippen LogP contribution is -2.16. The minimum atomic E-state index is 0.434. The molecule has 0 unspecified atom stereocenters. The van der Waals surface area contributed by atoms with Crippen LogP contribution in [0.2, 0.25) is 0 Å². The highest BCUT2D eigenvalue weighted by Crippen LogP contribution is 2.47. The first kappa shape index (κ1) is 15.4. The molecule has 0 heterocycles. The molecule has 1 fully saturated rings. The molecule has 0 N–H and O–H groups in total. The van der Waals surface area contributed by atoms with Crippen molar-refractivity contribution in [3.05, 3.63) is 0 Å². The minimum Gasteiger partial charge on any atom is -0.382 e. The Labute approximate surface area is 112 Å². The summed E-state index contributed by atoms with van der Waals surface area (Å²) in [5.41, 5.74) is 0.434. The normalized spacial score (nSPS) is 17.3. The molecule has 1 saturated carbocycles. The zero-order chi connectivity index (χ0) is 12.4. The first-order valence-electron chi connectivity index (χ1n) is 6.11. The number of alkyl halides is 1. The third-order valence-electron chi connectivity index (χ3n) is 2.82. The quantitative estimate of drug-likeness (QED) is 0.407. The summed E-state index contributed by atoms with van der Waals surface area (Å²) in [6.07, 6.45) is 2.57. The van der Waals surface area contributed by atoms with Gasteiger partial charge in [-0.25, -0.2) is 0 Å². The van der Waals surface area contributed by atoms with Crippen molar-refractivity contribution in [2.24, 2.45) is 5.41 Å². The molecule has 0 aromatic rings. The first-order chi connectivity index (χ1) is 8.33. The van der Waals surface area contributed by atoms with E-state index >= 15 is 0 Å². The molecule has 17 heavy (non-hydrogen) atoms. The Morgan fingerprint density at radius 2 is 1.41 bits per heavy atom. The largest absolute Gasteiger partial charge is 0.382 e. The van der Waals surface area contributed by atoms with Gasteiger partial charge in [0.2, 0.25) is 0 Å². The molecule has 0 spiro atoms. The molecule has 1 rings (SSSR count). The van der Waals surface area contributed by atoms with Crippen molar-refractivity contribution in [2.75, 3.05) is 58.7 Å². The predicted octanol–water partition coefficient (Wildman–Crippen LogP) is 1.86. The molecule has 0 saturated heterocycles. The summed E-state index contributed by atoms with van der Waals surface area (Å²) in [4.78, 5) is 0. The molecule has 0 amide bonds. The first-order valence-corrected chi connectivity index (χ1v) is 7.23. The fourth-order valence-electron chi connectivity index (χ4n) is 1.36. The smallest absolute Gasteiger partial charge is 0.0701 e. The monoisotopic (exact) mass is 310 g/mol. The topological polar surface area (TPSA) is 36.9 Å². The summed E-state index contributed by atoms with van der Waals surface area (Å²) >= 11 is 3.52. The summed E-state index contributed by atoms with van der Waals surface area (Å²) in [6, 6.07) is 0. The van der Waals surface area contributed by atoms with Crippen molar-refractivity contribution in [1.29, 1.82) is 0 Å². The molecule has 0 atom stereocenters. The fraction of sp³-hybridized carbons (Fsp3) is 1.00. The van der Waals surface area contributed by atoms with Crippen molar-refractivity contribution in [3.8, 4) is 0 Å². The molecular formula is C12H23BrO4. The van der Waals surface area contributed by atoms with Gasteiger partial charge in [0.05, 0.1) is 46.2 Å². The minimum absolute atomic E-state index is 0.434. The average molecular weight is 311 g/mol. The van der Waals surface area contributed by atoms with Crippen LogP contribution in [0.5, 0.6) is 0 Å². The van der Waals surface area contributed by atoms with Crippen molar-refractivity contribution in [1.82, 2.24) is 0 Å². The standard InChI is InChI=1S/C12H23BrO4/c1-14-4-5-15-6-7-16-8-9-17-11-12(10-13)2-3-12/h2-11H2,1H3. The highest BCUT2D eigenvalue weighted by Gasteiger charge is 2.41. The predicted molar refractivity (Wildman–Crippen MR) is 69.8 cm³/mol. The zero-order valence-electron chi connectivity index (χ0n) is 10.6. The van der Waals surface area contributed by atoms with Crippen LogP contribution in [0.4, 0.5) is 0 Å². The van der Waals surface area contributed by atoms with E-state index in [0.717, 1.165) is 11.9 Å². The molecule has 102 valence electrons. The Kier molecular flexibility index (Phi) is 8.39. The van der Waals surface area contributed by atoms with Crippen molar-refractivity contribution in [2.45, 2.75) is 12.8 Å². The molecule has 0 aromatic carbocycles. The van der Waals surface area contributed by atoms with E-state index in [0.29, 0.717) is 45.1 Å². The Morgan fingerprint density at radius 1 is 0.882 bits per heavy atom. The third-order valence-corrected chi connectivity index (χ3v) is 4.01. The van der Waals surface area contributed by atoms with E-state index in [2.05, 4.69) is 15.9 Å². The number of rotatable bonds is 12. The van der Waals surface area contributed by atoms with Crippen molar-refractivity contribution < 1.29 is 18.9 Å². The Morgan fingerprint density at radius 3 is 1.88 bits per heavy atom. The molecule has 4 nitrogen and oxygen atoms in total. The van der Waals surface area contributed by atoms with E-state index in [1.54, 1.807) is 7.11 Å². The van der Waals surface area contributed by atoms with Crippen LogP contribution in [0.15, 0.2) is 0 Å². The number of ether oxygens (including phenoxy) is 4. The van der Waals surface area contributed by atoms with Gasteiger partial charge in [-0.1, -0.05) is 15.9 Å². The van der Waals surface area contributed by atoms with Gasteiger partial charge >= 0.3 is 0 Å². The molecule has 0 aromatic heterocycles. The molecule has 0 aliphatic heterocycles. The van der Waals surface area contributed by atoms with E-state index in [4.69, 9.17) is 18.9 Å². The lowest BCUT2D eigenvalue weighted by Gasteiger charge is -2.11. The van der Waals surface area contributed by atoms with E-state index < -0.39 is 0 Å². The van der Waals surface area contributed by atoms with Crippen LogP contribution in [0.1, 0.15) is 12.8 Å². The van der Waals surface area contributed by atoms with E-state index in [1.807, 2.05) is 0 Å². The Hall–Kier alpha value is 0.320. The lowest BCUT2D eigenvalue weighted by molar-refractivity contribution is -0.00181. The molecule has 0 bridgehead atoms.